The molecule has 1 atom stereocenters. The Hall–Kier alpha value is -3.01. The van der Waals surface area contributed by atoms with Gasteiger partial charge in [-0.3, -0.25) is 4.79 Å². The zero-order valence-corrected chi connectivity index (χ0v) is 13.7. The molecule has 3 aromatic rings. The maximum Gasteiger partial charge on any atom is 0.265 e. The Balaban J connectivity index is 1.68. The zero-order chi connectivity index (χ0) is 16.9. The highest BCUT2D eigenvalue weighted by molar-refractivity contribution is 5.96. The minimum atomic E-state index is -0.622. The van der Waals surface area contributed by atoms with Crippen molar-refractivity contribution < 1.29 is 14.3 Å². The van der Waals surface area contributed by atoms with E-state index in [-0.39, 0.29) is 5.91 Å². The van der Waals surface area contributed by atoms with Crippen molar-refractivity contribution in [3.63, 3.8) is 0 Å². The van der Waals surface area contributed by atoms with E-state index in [0.29, 0.717) is 11.5 Å². The Morgan fingerprint density at radius 2 is 1.67 bits per heavy atom. The SMILES string of the molecule is COc1cccc(OC(C)C(=O)Nc2ccc3ccccc3c2)c1. The average Bonchev–Trinajstić information content (AvgIpc) is 2.61. The highest BCUT2D eigenvalue weighted by atomic mass is 16.5. The Labute approximate surface area is 141 Å². The number of hydrogen-bond donors (Lipinski definition) is 1. The number of nitrogens with one attached hydrogen (secondary N) is 1. The van der Waals surface area contributed by atoms with Gasteiger partial charge in [0, 0.05) is 11.8 Å². The first-order valence-electron chi connectivity index (χ1n) is 7.76. The summed E-state index contributed by atoms with van der Waals surface area (Å²) in [6, 6.07) is 21.0. The number of benzene rings is 3. The van der Waals surface area contributed by atoms with E-state index in [1.54, 1.807) is 26.2 Å². The van der Waals surface area contributed by atoms with Crippen molar-refractivity contribution in [2.24, 2.45) is 0 Å². The molecule has 24 heavy (non-hydrogen) atoms. The minimum Gasteiger partial charge on any atom is -0.497 e. The molecule has 0 aliphatic rings. The van der Waals surface area contributed by atoms with Crippen LogP contribution in [0.4, 0.5) is 5.69 Å². The maximum absolute atomic E-state index is 12.3. The lowest BCUT2D eigenvalue weighted by Gasteiger charge is -2.15. The fourth-order valence-electron chi connectivity index (χ4n) is 2.44. The summed E-state index contributed by atoms with van der Waals surface area (Å²) in [5.74, 6) is 1.08. The second-order valence-electron chi connectivity index (χ2n) is 5.49. The predicted octanol–water partition coefficient (Wildman–Crippen LogP) is 4.25. The molecule has 0 aliphatic heterocycles. The highest BCUT2D eigenvalue weighted by Gasteiger charge is 2.15. The predicted molar refractivity (Wildman–Crippen MR) is 95.7 cm³/mol. The van der Waals surface area contributed by atoms with E-state index in [1.807, 2.05) is 54.6 Å². The van der Waals surface area contributed by atoms with Crippen LogP contribution in [0.5, 0.6) is 11.5 Å². The molecule has 4 nitrogen and oxygen atoms in total. The zero-order valence-electron chi connectivity index (χ0n) is 13.7. The van der Waals surface area contributed by atoms with E-state index in [4.69, 9.17) is 9.47 Å². The van der Waals surface area contributed by atoms with E-state index in [0.717, 1.165) is 16.5 Å². The third-order valence-electron chi connectivity index (χ3n) is 3.74. The van der Waals surface area contributed by atoms with Crippen molar-refractivity contribution in [1.82, 2.24) is 0 Å². The third-order valence-corrected chi connectivity index (χ3v) is 3.74. The standard InChI is InChI=1S/C20H19NO3/c1-14(24-19-9-5-8-18(13-19)23-2)20(22)21-17-11-10-15-6-3-4-7-16(15)12-17/h3-14H,1-2H3,(H,21,22). The van der Waals surface area contributed by atoms with Gasteiger partial charge in [-0.2, -0.15) is 0 Å². The quantitative estimate of drug-likeness (QED) is 0.764. The van der Waals surface area contributed by atoms with Gasteiger partial charge in [0.2, 0.25) is 0 Å². The van der Waals surface area contributed by atoms with Crippen LogP contribution in [0.3, 0.4) is 0 Å². The van der Waals surface area contributed by atoms with E-state index < -0.39 is 6.10 Å². The summed E-state index contributed by atoms with van der Waals surface area (Å²) in [7, 11) is 1.59. The molecular weight excluding hydrogens is 302 g/mol. The second kappa shape index (κ2) is 7.04. The molecule has 0 bridgehead atoms. The van der Waals surface area contributed by atoms with Crippen LogP contribution in [0.25, 0.3) is 10.8 Å². The van der Waals surface area contributed by atoms with Crippen LogP contribution in [0.1, 0.15) is 6.92 Å². The molecule has 1 N–H and O–H groups in total. The smallest absolute Gasteiger partial charge is 0.265 e. The first-order valence-corrected chi connectivity index (χ1v) is 7.76. The second-order valence-corrected chi connectivity index (χ2v) is 5.49. The van der Waals surface area contributed by atoms with Gasteiger partial charge < -0.3 is 14.8 Å². The molecule has 0 fully saturated rings. The van der Waals surface area contributed by atoms with Crippen molar-refractivity contribution in [3.8, 4) is 11.5 Å². The van der Waals surface area contributed by atoms with Gasteiger partial charge in [-0.05, 0) is 42.0 Å². The van der Waals surface area contributed by atoms with Crippen molar-refractivity contribution in [1.29, 1.82) is 0 Å². The van der Waals surface area contributed by atoms with Crippen LogP contribution in [0.2, 0.25) is 0 Å². The molecule has 1 unspecified atom stereocenters. The monoisotopic (exact) mass is 321 g/mol. The first kappa shape index (κ1) is 15.9. The van der Waals surface area contributed by atoms with Crippen LogP contribution in [0.15, 0.2) is 66.7 Å². The van der Waals surface area contributed by atoms with Crippen molar-refractivity contribution in [3.05, 3.63) is 66.7 Å². The minimum absolute atomic E-state index is 0.201. The Morgan fingerprint density at radius 3 is 2.46 bits per heavy atom. The molecule has 4 heteroatoms. The van der Waals surface area contributed by atoms with Gasteiger partial charge in [0.05, 0.1) is 7.11 Å². The molecule has 0 heterocycles. The van der Waals surface area contributed by atoms with Crippen molar-refractivity contribution in [2.45, 2.75) is 13.0 Å². The Kier molecular flexibility index (Phi) is 4.66. The summed E-state index contributed by atoms with van der Waals surface area (Å²) < 4.78 is 10.8. The van der Waals surface area contributed by atoms with Gasteiger partial charge >= 0.3 is 0 Å². The van der Waals surface area contributed by atoms with E-state index in [2.05, 4.69) is 5.32 Å². The van der Waals surface area contributed by atoms with Gasteiger partial charge in [0.1, 0.15) is 11.5 Å². The molecule has 0 aliphatic carbocycles. The number of fused-ring (bicyclic) bond motifs is 1. The largest absolute Gasteiger partial charge is 0.497 e. The Morgan fingerprint density at radius 1 is 0.917 bits per heavy atom. The van der Waals surface area contributed by atoms with Crippen LogP contribution < -0.4 is 14.8 Å². The molecule has 0 aromatic heterocycles. The third kappa shape index (κ3) is 3.66. The lowest BCUT2D eigenvalue weighted by molar-refractivity contribution is -0.122. The lowest BCUT2D eigenvalue weighted by atomic mass is 10.1. The van der Waals surface area contributed by atoms with Gasteiger partial charge in [-0.25, -0.2) is 0 Å². The molecule has 0 radical (unpaired) electrons. The Bertz CT molecular complexity index is 860. The van der Waals surface area contributed by atoms with E-state index >= 15 is 0 Å². The van der Waals surface area contributed by atoms with Gasteiger partial charge in [0.15, 0.2) is 6.10 Å². The number of carbonyl (C=O) groups excluding carboxylic acids is 1. The molecule has 3 rings (SSSR count). The topological polar surface area (TPSA) is 47.6 Å². The van der Waals surface area contributed by atoms with Gasteiger partial charge in [-0.1, -0.05) is 36.4 Å². The number of rotatable bonds is 5. The molecule has 1 amide bonds. The van der Waals surface area contributed by atoms with Gasteiger partial charge in [0.25, 0.3) is 5.91 Å². The molecule has 0 spiro atoms. The van der Waals surface area contributed by atoms with Crippen LogP contribution >= 0.6 is 0 Å². The van der Waals surface area contributed by atoms with Crippen molar-refractivity contribution >= 4 is 22.4 Å². The molecule has 122 valence electrons. The number of methoxy groups -OCH3 is 1. The van der Waals surface area contributed by atoms with Crippen molar-refractivity contribution in [2.75, 3.05) is 12.4 Å². The van der Waals surface area contributed by atoms with Gasteiger partial charge in [-0.15, -0.1) is 0 Å². The molecule has 3 aromatic carbocycles. The number of ether oxygens (including phenoxy) is 2. The number of anilines is 1. The molecule has 0 saturated heterocycles. The average molecular weight is 321 g/mol. The number of hydrogen-bond acceptors (Lipinski definition) is 3. The van der Waals surface area contributed by atoms with E-state index in [9.17, 15) is 4.79 Å². The normalized spacial score (nSPS) is 11.8. The maximum atomic E-state index is 12.3. The fraction of sp³-hybridized carbons (Fsp3) is 0.150. The summed E-state index contributed by atoms with van der Waals surface area (Å²) in [4.78, 5) is 12.3. The molecular formula is C20H19NO3. The number of carbonyl (C=O) groups is 1. The van der Waals surface area contributed by atoms with Crippen LogP contribution in [0, 0.1) is 0 Å². The van der Waals surface area contributed by atoms with Crippen LogP contribution in [-0.4, -0.2) is 19.1 Å². The summed E-state index contributed by atoms with van der Waals surface area (Å²) >= 11 is 0. The van der Waals surface area contributed by atoms with Crippen LogP contribution in [-0.2, 0) is 4.79 Å². The summed E-state index contributed by atoms with van der Waals surface area (Å²) in [6.45, 7) is 1.72. The molecule has 0 saturated carbocycles. The summed E-state index contributed by atoms with van der Waals surface area (Å²) in [6.07, 6.45) is -0.622. The first-order chi connectivity index (χ1) is 11.7. The fourth-order valence-corrected chi connectivity index (χ4v) is 2.44. The summed E-state index contributed by atoms with van der Waals surface area (Å²) in [5, 5.41) is 5.10. The lowest BCUT2D eigenvalue weighted by Crippen LogP contribution is -2.30. The summed E-state index contributed by atoms with van der Waals surface area (Å²) in [5.41, 5.74) is 0.750. The highest BCUT2D eigenvalue weighted by Crippen LogP contribution is 2.21. The number of amides is 1. The van der Waals surface area contributed by atoms with E-state index in [1.165, 1.54) is 0 Å².